The molecule has 6 nitrogen and oxygen atoms in total. The number of piperazine rings is 1. The zero-order chi connectivity index (χ0) is 21.8. The van der Waals surface area contributed by atoms with Crippen LogP contribution in [-0.4, -0.2) is 55.6 Å². The average molecular weight is 419 g/mol. The summed E-state index contributed by atoms with van der Waals surface area (Å²) in [5, 5.41) is 4.08. The van der Waals surface area contributed by atoms with Crippen LogP contribution in [-0.2, 0) is 11.2 Å². The molecule has 1 N–H and O–H groups in total. The van der Waals surface area contributed by atoms with Crippen molar-refractivity contribution in [3.63, 3.8) is 0 Å². The van der Waals surface area contributed by atoms with Crippen molar-refractivity contribution in [2.24, 2.45) is 0 Å². The van der Waals surface area contributed by atoms with Gasteiger partial charge in [0, 0.05) is 37.3 Å². The first-order valence-electron chi connectivity index (χ1n) is 10.9. The minimum Gasteiger partial charge on any atom is -0.497 e. The van der Waals surface area contributed by atoms with Crippen LogP contribution in [0.1, 0.15) is 18.1 Å². The zero-order valence-corrected chi connectivity index (χ0v) is 18.5. The van der Waals surface area contributed by atoms with E-state index >= 15 is 0 Å². The van der Waals surface area contributed by atoms with Gasteiger partial charge in [-0.25, -0.2) is 4.98 Å². The van der Waals surface area contributed by atoms with Crippen LogP contribution < -0.4 is 15.0 Å². The van der Waals surface area contributed by atoms with Gasteiger partial charge in [-0.3, -0.25) is 4.79 Å². The molecule has 2 heterocycles. The number of amides is 1. The third-order valence-electron chi connectivity index (χ3n) is 5.95. The standard InChI is InChI=1S/C25H30N4O2/c1-4-28-11-13-29(14-12-28)24-15-18(2)22-17-20(7-10-23(22)27-24)26-25(30)16-19-5-8-21(31-3)9-6-19/h5-10,15,17H,4,11-14,16H2,1-3H3,(H,26,30). The van der Waals surface area contributed by atoms with Gasteiger partial charge in [-0.15, -0.1) is 0 Å². The number of fused-ring (bicyclic) bond motifs is 1. The van der Waals surface area contributed by atoms with Crippen LogP contribution in [0, 0.1) is 6.92 Å². The van der Waals surface area contributed by atoms with Crippen LogP contribution in [0.5, 0.6) is 5.75 Å². The van der Waals surface area contributed by atoms with E-state index in [1.54, 1.807) is 7.11 Å². The van der Waals surface area contributed by atoms with E-state index in [4.69, 9.17) is 9.72 Å². The highest BCUT2D eigenvalue weighted by atomic mass is 16.5. The first kappa shape index (κ1) is 21.1. The van der Waals surface area contributed by atoms with E-state index in [1.807, 2.05) is 42.5 Å². The highest BCUT2D eigenvalue weighted by molar-refractivity contribution is 5.95. The number of nitrogens with one attached hydrogen (secondary N) is 1. The number of hydrogen-bond donors (Lipinski definition) is 1. The molecule has 1 aromatic heterocycles. The molecule has 1 aliphatic heterocycles. The number of rotatable bonds is 6. The first-order chi connectivity index (χ1) is 15.1. The van der Waals surface area contributed by atoms with Gasteiger partial charge in [-0.2, -0.15) is 0 Å². The van der Waals surface area contributed by atoms with Gasteiger partial charge in [0.25, 0.3) is 0 Å². The number of pyridine rings is 1. The summed E-state index contributed by atoms with van der Waals surface area (Å²) >= 11 is 0. The number of anilines is 2. The second kappa shape index (κ2) is 9.35. The highest BCUT2D eigenvalue weighted by Crippen LogP contribution is 2.26. The molecule has 4 rings (SSSR count). The molecule has 2 aromatic carbocycles. The summed E-state index contributed by atoms with van der Waals surface area (Å²) < 4.78 is 5.17. The predicted molar refractivity (Wildman–Crippen MR) is 126 cm³/mol. The van der Waals surface area contributed by atoms with Crippen LogP contribution in [0.25, 0.3) is 10.9 Å². The van der Waals surface area contributed by atoms with Crippen molar-refractivity contribution in [3.8, 4) is 5.75 Å². The van der Waals surface area contributed by atoms with Gasteiger partial charge in [-0.05, 0) is 61.0 Å². The molecule has 1 fully saturated rings. The van der Waals surface area contributed by atoms with Gasteiger partial charge in [0.15, 0.2) is 0 Å². The smallest absolute Gasteiger partial charge is 0.228 e. The van der Waals surface area contributed by atoms with Crippen molar-refractivity contribution < 1.29 is 9.53 Å². The largest absolute Gasteiger partial charge is 0.497 e. The molecule has 1 aliphatic rings. The fraction of sp³-hybridized carbons (Fsp3) is 0.360. The van der Waals surface area contributed by atoms with Gasteiger partial charge in [0.1, 0.15) is 11.6 Å². The number of carbonyl (C=O) groups excluding carboxylic acids is 1. The number of aromatic nitrogens is 1. The lowest BCUT2D eigenvalue weighted by atomic mass is 10.1. The molecule has 0 radical (unpaired) electrons. The first-order valence-corrected chi connectivity index (χ1v) is 10.9. The van der Waals surface area contributed by atoms with Crippen LogP contribution in [0.15, 0.2) is 48.5 Å². The van der Waals surface area contributed by atoms with E-state index in [0.29, 0.717) is 6.42 Å². The Morgan fingerprint density at radius 1 is 1.06 bits per heavy atom. The fourth-order valence-electron chi connectivity index (χ4n) is 4.04. The molecule has 162 valence electrons. The molecule has 1 amide bonds. The number of ether oxygens (including phenoxy) is 1. The van der Waals surface area contributed by atoms with Crippen LogP contribution in [0.4, 0.5) is 11.5 Å². The summed E-state index contributed by atoms with van der Waals surface area (Å²) in [6, 6.07) is 15.7. The number of nitrogens with zero attached hydrogens (tertiary/aromatic N) is 3. The van der Waals surface area contributed by atoms with Crippen LogP contribution >= 0.6 is 0 Å². The minimum absolute atomic E-state index is 0.0412. The Kier molecular flexibility index (Phi) is 6.37. The molecule has 0 spiro atoms. The minimum atomic E-state index is -0.0412. The second-order valence-corrected chi connectivity index (χ2v) is 8.02. The Morgan fingerprint density at radius 2 is 1.81 bits per heavy atom. The Balaban J connectivity index is 1.46. The van der Waals surface area contributed by atoms with E-state index < -0.39 is 0 Å². The maximum absolute atomic E-state index is 12.5. The summed E-state index contributed by atoms with van der Waals surface area (Å²) in [6.45, 7) is 9.59. The van der Waals surface area contributed by atoms with Crippen molar-refractivity contribution in [2.45, 2.75) is 20.3 Å². The molecular weight excluding hydrogens is 388 g/mol. The molecule has 0 unspecified atom stereocenters. The summed E-state index contributed by atoms with van der Waals surface area (Å²) in [4.78, 5) is 22.2. The second-order valence-electron chi connectivity index (χ2n) is 8.02. The Morgan fingerprint density at radius 3 is 2.48 bits per heavy atom. The van der Waals surface area contributed by atoms with Crippen LogP contribution in [0.2, 0.25) is 0 Å². The molecule has 31 heavy (non-hydrogen) atoms. The molecular formula is C25H30N4O2. The van der Waals surface area contributed by atoms with Crippen molar-refractivity contribution >= 4 is 28.3 Å². The number of benzene rings is 2. The summed E-state index contributed by atoms with van der Waals surface area (Å²) in [7, 11) is 1.63. The molecule has 0 bridgehead atoms. The average Bonchev–Trinajstić information content (AvgIpc) is 2.80. The Hall–Kier alpha value is -3.12. The lowest BCUT2D eigenvalue weighted by molar-refractivity contribution is -0.115. The maximum atomic E-state index is 12.5. The van der Waals surface area contributed by atoms with E-state index in [1.165, 1.54) is 5.56 Å². The number of likely N-dealkylation sites (N-methyl/N-ethyl adjacent to an activating group) is 1. The topological polar surface area (TPSA) is 57.7 Å². The zero-order valence-electron chi connectivity index (χ0n) is 18.5. The Bertz CT molecular complexity index is 1060. The number of carbonyl (C=O) groups is 1. The summed E-state index contributed by atoms with van der Waals surface area (Å²) in [5.74, 6) is 1.78. The number of aryl methyl sites for hydroxylation is 1. The normalized spacial score (nSPS) is 14.6. The lowest BCUT2D eigenvalue weighted by Gasteiger charge is -2.35. The number of hydrogen-bond acceptors (Lipinski definition) is 5. The fourth-order valence-corrected chi connectivity index (χ4v) is 4.04. The van der Waals surface area contributed by atoms with Crippen LogP contribution in [0.3, 0.4) is 0 Å². The van der Waals surface area contributed by atoms with Gasteiger partial charge in [0.05, 0.1) is 19.0 Å². The quantitative estimate of drug-likeness (QED) is 0.659. The van der Waals surface area contributed by atoms with E-state index in [9.17, 15) is 4.79 Å². The van der Waals surface area contributed by atoms with Gasteiger partial charge in [-0.1, -0.05) is 19.1 Å². The Labute approximate surface area is 183 Å². The van der Waals surface area contributed by atoms with Crippen molar-refractivity contribution in [1.82, 2.24) is 9.88 Å². The number of methoxy groups -OCH3 is 1. The van der Waals surface area contributed by atoms with Crippen molar-refractivity contribution in [3.05, 3.63) is 59.7 Å². The maximum Gasteiger partial charge on any atom is 0.228 e. The van der Waals surface area contributed by atoms with E-state index in [2.05, 4.69) is 35.0 Å². The summed E-state index contributed by atoms with van der Waals surface area (Å²) in [5.41, 5.74) is 3.87. The van der Waals surface area contributed by atoms with E-state index in [-0.39, 0.29) is 5.91 Å². The molecule has 0 aliphatic carbocycles. The monoisotopic (exact) mass is 418 g/mol. The van der Waals surface area contributed by atoms with Crippen molar-refractivity contribution in [2.75, 3.05) is 50.1 Å². The molecule has 0 atom stereocenters. The molecule has 1 saturated heterocycles. The molecule has 6 heteroatoms. The highest BCUT2D eigenvalue weighted by Gasteiger charge is 2.18. The third-order valence-corrected chi connectivity index (χ3v) is 5.95. The predicted octanol–water partition coefficient (Wildman–Crippen LogP) is 3.87. The SMILES string of the molecule is CCN1CCN(c2cc(C)c3cc(NC(=O)Cc4ccc(OC)cc4)ccc3n2)CC1. The van der Waals surface area contributed by atoms with E-state index in [0.717, 1.165) is 66.4 Å². The third kappa shape index (κ3) is 4.97. The summed E-state index contributed by atoms with van der Waals surface area (Å²) in [6.07, 6.45) is 0.321. The van der Waals surface area contributed by atoms with Gasteiger partial charge < -0.3 is 19.9 Å². The van der Waals surface area contributed by atoms with Crippen molar-refractivity contribution in [1.29, 1.82) is 0 Å². The molecule has 3 aromatic rings. The molecule has 0 saturated carbocycles. The lowest BCUT2D eigenvalue weighted by Crippen LogP contribution is -2.46. The van der Waals surface area contributed by atoms with Gasteiger partial charge >= 0.3 is 0 Å². The van der Waals surface area contributed by atoms with Gasteiger partial charge in [0.2, 0.25) is 5.91 Å².